The first-order valence-corrected chi connectivity index (χ1v) is 11.2. The number of piperazine rings is 1. The minimum absolute atomic E-state index is 0.123. The van der Waals surface area contributed by atoms with E-state index in [4.69, 9.17) is 4.74 Å². The van der Waals surface area contributed by atoms with Crippen LogP contribution in [0.2, 0.25) is 0 Å². The van der Waals surface area contributed by atoms with Crippen LogP contribution in [0.3, 0.4) is 0 Å². The number of ether oxygens (including phenoxy) is 1. The highest BCUT2D eigenvalue weighted by Crippen LogP contribution is 2.21. The van der Waals surface area contributed by atoms with Crippen LogP contribution < -0.4 is 5.32 Å². The lowest BCUT2D eigenvalue weighted by Gasteiger charge is -2.33. The number of sulfonamides is 1. The summed E-state index contributed by atoms with van der Waals surface area (Å²) in [5.41, 5.74) is 0. The van der Waals surface area contributed by atoms with E-state index in [1.807, 2.05) is 18.7 Å². The third kappa shape index (κ3) is 6.00. The molecule has 0 unspecified atom stereocenters. The molecule has 0 radical (unpaired) electrons. The minimum atomic E-state index is -3.45. The molecular formula is C17H27N3O5S2. The Balaban J connectivity index is 1.86. The molecule has 0 aliphatic carbocycles. The van der Waals surface area contributed by atoms with Gasteiger partial charge in [0.2, 0.25) is 5.91 Å². The van der Waals surface area contributed by atoms with Crippen LogP contribution in [-0.2, 0) is 24.3 Å². The fourth-order valence-electron chi connectivity index (χ4n) is 2.94. The summed E-state index contributed by atoms with van der Waals surface area (Å²) in [6.07, 6.45) is 0.505. The second kappa shape index (κ2) is 9.63. The van der Waals surface area contributed by atoms with Gasteiger partial charge in [-0.2, -0.15) is 4.31 Å². The number of amides is 1. The molecule has 1 fully saturated rings. The van der Waals surface area contributed by atoms with Crippen molar-refractivity contribution < 1.29 is 22.7 Å². The number of nitrogens with zero attached hydrogens (tertiary/aromatic N) is 2. The molecule has 2 heterocycles. The van der Waals surface area contributed by atoms with E-state index in [1.165, 1.54) is 22.8 Å². The number of nitrogens with one attached hydrogen (secondary N) is 1. The summed E-state index contributed by atoms with van der Waals surface area (Å²) in [5, 5.41) is 4.46. The van der Waals surface area contributed by atoms with E-state index < -0.39 is 22.0 Å². The molecule has 1 saturated heterocycles. The summed E-state index contributed by atoms with van der Waals surface area (Å²) in [6.45, 7) is 5.65. The molecule has 152 valence electrons. The van der Waals surface area contributed by atoms with E-state index in [-0.39, 0.29) is 18.4 Å². The number of methoxy groups -OCH3 is 1. The van der Waals surface area contributed by atoms with Crippen LogP contribution in [-0.4, -0.2) is 75.4 Å². The summed E-state index contributed by atoms with van der Waals surface area (Å²) < 4.78 is 31.6. The molecule has 1 aromatic heterocycles. The van der Waals surface area contributed by atoms with Crippen LogP contribution in [0.4, 0.5) is 0 Å². The Bertz CT molecular complexity index is 726. The van der Waals surface area contributed by atoms with Crippen molar-refractivity contribution in [3.8, 4) is 0 Å². The maximum atomic E-state index is 12.5. The zero-order chi connectivity index (χ0) is 20.0. The fraction of sp³-hybridized carbons (Fsp3) is 0.647. The van der Waals surface area contributed by atoms with Crippen molar-refractivity contribution in [2.75, 3.05) is 39.8 Å². The highest BCUT2D eigenvalue weighted by Gasteiger charge is 2.30. The van der Waals surface area contributed by atoms with Gasteiger partial charge < -0.3 is 10.1 Å². The van der Waals surface area contributed by atoms with Crippen molar-refractivity contribution in [1.82, 2.24) is 14.5 Å². The average molecular weight is 418 g/mol. The number of hydrogen-bond donors (Lipinski definition) is 1. The van der Waals surface area contributed by atoms with Crippen LogP contribution in [0, 0.1) is 5.92 Å². The standard InChI is InChI=1S/C17H27N3O5S2/c1-13(2)11-14(17(22)25-3)18-15(21)12-19-6-8-20(9-7-19)27(23,24)16-5-4-10-26-16/h4-5,10,13-14H,6-9,11-12H2,1-3H3,(H,18,21)/t14-/m1/s1. The molecule has 1 aliphatic rings. The third-order valence-corrected chi connectivity index (χ3v) is 7.59. The summed E-state index contributed by atoms with van der Waals surface area (Å²) in [7, 11) is -2.15. The maximum Gasteiger partial charge on any atom is 0.328 e. The van der Waals surface area contributed by atoms with Gasteiger partial charge in [-0.15, -0.1) is 11.3 Å². The first kappa shape index (κ1) is 21.8. The van der Waals surface area contributed by atoms with Gasteiger partial charge in [0.15, 0.2) is 0 Å². The van der Waals surface area contributed by atoms with Gasteiger partial charge in [0.05, 0.1) is 13.7 Å². The van der Waals surface area contributed by atoms with E-state index in [0.29, 0.717) is 36.8 Å². The number of hydrogen-bond acceptors (Lipinski definition) is 7. The summed E-state index contributed by atoms with van der Waals surface area (Å²) in [6, 6.07) is 2.65. The normalized spacial score (nSPS) is 17.6. The average Bonchev–Trinajstić information content (AvgIpc) is 3.16. The van der Waals surface area contributed by atoms with Crippen LogP contribution in [0.25, 0.3) is 0 Å². The largest absolute Gasteiger partial charge is 0.467 e. The van der Waals surface area contributed by atoms with Gasteiger partial charge in [-0.3, -0.25) is 9.69 Å². The summed E-state index contributed by atoms with van der Waals surface area (Å²) in [5.74, 6) is -0.482. The molecule has 1 atom stereocenters. The molecule has 1 N–H and O–H groups in total. The molecule has 0 aromatic carbocycles. The van der Waals surface area contributed by atoms with E-state index in [1.54, 1.807) is 17.5 Å². The van der Waals surface area contributed by atoms with Crippen molar-refractivity contribution in [2.24, 2.45) is 5.92 Å². The Morgan fingerprint density at radius 2 is 1.93 bits per heavy atom. The second-order valence-corrected chi connectivity index (χ2v) is 10.00. The Kier molecular flexibility index (Phi) is 7.78. The van der Waals surface area contributed by atoms with E-state index in [0.717, 1.165) is 0 Å². The van der Waals surface area contributed by atoms with Gasteiger partial charge in [0, 0.05) is 26.2 Å². The van der Waals surface area contributed by atoms with Gasteiger partial charge >= 0.3 is 5.97 Å². The van der Waals surface area contributed by atoms with Crippen LogP contribution >= 0.6 is 11.3 Å². The molecule has 10 heteroatoms. The molecule has 27 heavy (non-hydrogen) atoms. The predicted molar refractivity (Wildman–Crippen MR) is 103 cm³/mol. The number of thiophene rings is 1. The maximum absolute atomic E-state index is 12.5. The van der Waals surface area contributed by atoms with Gasteiger partial charge in [-0.25, -0.2) is 13.2 Å². The van der Waals surface area contributed by atoms with Gasteiger partial charge in [0.1, 0.15) is 10.3 Å². The van der Waals surface area contributed by atoms with Gasteiger partial charge in [-0.1, -0.05) is 19.9 Å². The zero-order valence-corrected chi connectivity index (χ0v) is 17.5. The monoisotopic (exact) mass is 417 g/mol. The Morgan fingerprint density at radius 1 is 1.26 bits per heavy atom. The Morgan fingerprint density at radius 3 is 2.44 bits per heavy atom. The molecule has 0 bridgehead atoms. The number of esters is 1. The van der Waals surface area contributed by atoms with Crippen molar-refractivity contribution in [3.05, 3.63) is 17.5 Å². The lowest BCUT2D eigenvalue weighted by molar-refractivity contribution is -0.145. The number of carbonyl (C=O) groups is 2. The number of rotatable bonds is 8. The lowest BCUT2D eigenvalue weighted by Crippen LogP contribution is -2.52. The first-order valence-electron chi connectivity index (χ1n) is 8.87. The van der Waals surface area contributed by atoms with Crippen molar-refractivity contribution in [1.29, 1.82) is 0 Å². The molecule has 0 spiro atoms. The van der Waals surface area contributed by atoms with Gasteiger partial charge in [0.25, 0.3) is 10.0 Å². The van der Waals surface area contributed by atoms with Crippen molar-refractivity contribution in [2.45, 2.75) is 30.5 Å². The smallest absolute Gasteiger partial charge is 0.328 e. The van der Waals surface area contributed by atoms with Crippen LogP contribution in [0.1, 0.15) is 20.3 Å². The van der Waals surface area contributed by atoms with Crippen LogP contribution in [0.15, 0.2) is 21.7 Å². The quantitative estimate of drug-likeness (QED) is 0.628. The first-order chi connectivity index (χ1) is 12.7. The van der Waals surface area contributed by atoms with E-state index >= 15 is 0 Å². The predicted octanol–water partition coefficient (Wildman–Crippen LogP) is 0.758. The fourth-order valence-corrected chi connectivity index (χ4v) is 5.50. The zero-order valence-electron chi connectivity index (χ0n) is 15.9. The molecular weight excluding hydrogens is 390 g/mol. The third-order valence-electron chi connectivity index (χ3n) is 4.32. The molecule has 1 amide bonds. The highest BCUT2D eigenvalue weighted by atomic mass is 32.2. The lowest BCUT2D eigenvalue weighted by atomic mass is 10.0. The molecule has 2 rings (SSSR count). The molecule has 0 saturated carbocycles. The van der Waals surface area contributed by atoms with Crippen molar-refractivity contribution >= 4 is 33.2 Å². The van der Waals surface area contributed by atoms with E-state index in [9.17, 15) is 18.0 Å². The van der Waals surface area contributed by atoms with Crippen molar-refractivity contribution in [3.63, 3.8) is 0 Å². The van der Waals surface area contributed by atoms with E-state index in [2.05, 4.69) is 5.32 Å². The molecule has 8 nitrogen and oxygen atoms in total. The number of carbonyl (C=O) groups excluding carboxylic acids is 2. The Hall–Kier alpha value is -1.49. The Labute approximate surface area is 164 Å². The van der Waals surface area contributed by atoms with Gasteiger partial charge in [-0.05, 0) is 23.8 Å². The molecule has 1 aliphatic heterocycles. The minimum Gasteiger partial charge on any atom is -0.467 e. The second-order valence-electron chi connectivity index (χ2n) is 6.89. The van der Waals surface area contributed by atoms with Crippen LogP contribution in [0.5, 0.6) is 0 Å². The SMILES string of the molecule is COC(=O)[C@@H](CC(C)C)NC(=O)CN1CCN(S(=O)(=O)c2cccs2)CC1. The topological polar surface area (TPSA) is 96.0 Å². The molecule has 1 aromatic rings. The highest BCUT2D eigenvalue weighted by molar-refractivity contribution is 7.91. The summed E-state index contributed by atoms with van der Waals surface area (Å²) in [4.78, 5) is 26.0. The summed E-state index contributed by atoms with van der Waals surface area (Å²) >= 11 is 1.20.